The van der Waals surface area contributed by atoms with Gasteiger partial charge in [-0.1, -0.05) is 6.42 Å². The minimum atomic E-state index is -0.516. The summed E-state index contributed by atoms with van der Waals surface area (Å²) in [5, 5.41) is 3.34. The fraction of sp³-hybridized carbons (Fsp3) is 0.600. The summed E-state index contributed by atoms with van der Waals surface area (Å²) in [6.45, 7) is 1.54. The Labute approximate surface area is 92.5 Å². The summed E-state index contributed by atoms with van der Waals surface area (Å²) in [7, 11) is 0. The predicted molar refractivity (Wildman–Crippen MR) is 61.4 cm³/mol. The number of hydrogen-bond acceptors (Lipinski definition) is 4. The van der Waals surface area contributed by atoms with Crippen molar-refractivity contribution in [2.24, 2.45) is 0 Å². The van der Waals surface area contributed by atoms with E-state index in [0.29, 0.717) is 6.54 Å². The van der Waals surface area contributed by atoms with Crippen LogP contribution in [0.3, 0.4) is 0 Å². The number of anilines is 1. The average molecular weight is 224 g/mol. The number of aromatic nitrogens is 2. The van der Waals surface area contributed by atoms with Crippen LogP contribution in [0, 0.1) is 0 Å². The Morgan fingerprint density at radius 3 is 2.94 bits per heavy atom. The molecule has 2 rings (SSSR count). The predicted octanol–water partition coefficient (Wildman–Crippen LogP) is -0.739. The molecule has 1 fully saturated rings. The molecule has 4 N–H and O–H groups in total. The lowest BCUT2D eigenvalue weighted by Gasteiger charge is -2.23. The minimum Gasteiger partial charge on any atom is -0.393 e. The topological polar surface area (TPSA) is 92.9 Å². The van der Waals surface area contributed by atoms with Gasteiger partial charge in [0.2, 0.25) is 0 Å². The highest BCUT2D eigenvalue weighted by Gasteiger charge is 2.14. The third kappa shape index (κ3) is 2.33. The van der Waals surface area contributed by atoms with Gasteiger partial charge in [0.25, 0.3) is 5.56 Å². The van der Waals surface area contributed by atoms with Gasteiger partial charge in [0.05, 0.1) is 0 Å². The highest BCUT2D eigenvalue weighted by atomic mass is 16.2. The lowest BCUT2D eigenvalue weighted by molar-refractivity contribution is 0.358. The van der Waals surface area contributed by atoms with Gasteiger partial charge in [-0.2, -0.15) is 0 Å². The average Bonchev–Trinajstić information content (AvgIpc) is 2.27. The lowest BCUT2D eigenvalue weighted by Crippen LogP contribution is -2.41. The molecule has 0 aromatic carbocycles. The van der Waals surface area contributed by atoms with Crippen molar-refractivity contribution in [3.63, 3.8) is 0 Å². The zero-order chi connectivity index (χ0) is 11.5. The quantitative estimate of drug-likeness (QED) is 0.617. The van der Waals surface area contributed by atoms with Gasteiger partial charge in [-0.25, -0.2) is 4.79 Å². The molecule has 1 saturated heterocycles. The van der Waals surface area contributed by atoms with Gasteiger partial charge < -0.3 is 11.1 Å². The number of rotatable bonds is 2. The van der Waals surface area contributed by atoms with Crippen molar-refractivity contribution in [1.82, 2.24) is 14.9 Å². The molecule has 1 atom stereocenters. The van der Waals surface area contributed by atoms with Gasteiger partial charge in [-0.15, -0.1) is 0 Å². The number of aromatic amines is 1. The van der Waals surface area contributed by atoms with Crippen LogP contribution in [0.5, 0.6) is 0 Å². The first-order valence-corrected chi connectivity index (χ1v) is 5.49. The van der Waals surface area contributed by atoms with Crippen LogP contribution >= 0.6 is 0 Å². The number of H-pyrrole nitrogens is 1. The van der Waals surface area contributed by atoms with Crippen molar-refractivity contribution in [2.45, 2.75) is 31.8 Å². The van der Waals surface area contributed by atoms with Crippen LogP contribution in [0.25, 0.3) is 0 Å². The maximum absolute atomic E-state index is 11.5. The summed E-state index contributed by atoms with van der Waals surface area (Å²) in [4.78, 5) is 24.8. The second-order valence-corrected chi connectivity index (χ2v) is 4.14. The van der Waals surface area contributed by atoms with E-state index >= 15 is 0 Å². The Kier molecular flexibility index (Phi) is 3.09. The first-order valence-electron chi connectivity index (χ1n) is 5.49. The molecule has 0 saturated carbocycles. The Morgan fingerprint density at radius 2 is 2.25 bits per heavy atom. The van der Waals surface area contributed by atoms with Crippen LogP contribution in [-0.4, -0.2) is 22.1 Å². The first kappa shape index (κ1) is 10.9. The van der Waals surface area contributed by atoms with E-state index in [-0.39, 0.29) is 11.7 Å². The molecular weight excluding hydrogens is 208 g/mol. The van der Waals surface area contributed by atoms with Crippen LogP contribution in [0.4, 0.5) is 5.69 Å². The number of nitrogens with zero attached hydrogens (tertiary/aromatic N) is 1. The van der Waals surface area contributed by atoms with Crippen LogP contribution in [0.2, 0.25) is 0 Å². The van der Waals surface area contributed by atoms with Crippen molar-refractivity contribution in [2.75, 3.05) is 12.3 Å². The van der Waals surface area contributed by atoms with Crippen LogP contribution < -0.4 is 22.3 Å². The van der Waals surface area contributed by atoms with Crippen molar-refractivity contribution < 1.29 is 0 Å². The highest BCUT2D eigenvalue weighted by Crippen LogP contribution is 2.08. The van der Waals surface area contributed by atoms with Crippen molar-refractivity contribution in [3.8, 4) is 0 Å². The summed E-state index contributed by atoms with van der Waals surface area (Å²) in [6.07, 6.45) is 4.81. The molecule has 1 aliphatic heterocycles. The Bertz CT molecular complexity index is 470. The molecule has 0 spiro atoms. The van der Waals surface area contributed by atoms with E-state index in [0.717, 1.165) is 13.0 Å². The molecule has 1 aromatic rings. The molecule has 6 heteroatoms. The number of piperidine rings is 1. The normalized spacial score (nSPS) is 20.9. The zero-order valence-electron chi connectivity index (χ0n) is 9.03. The second-order valence-electron chi connectivity index (χ2n) is 4.14. The maximum atomic E-state index is 11.5. The number of hydrogen-bond donors (Lipinski definition) is 3. The summed E-state index contributed by atoms with van der Waals surface area (Å²) in [6, 6.07) is 0.289. The summed E-state index contributed by atoms with van der Waals surface area (Å²) >= 11 is 0. The molecule has 0 radical (unpaired) electrons. The fourth-order valence-corrected chi connectivity index (χ4v) is 1.98. The zero-order valence-corrected chi connectivity index (χ0v) is 9.03. The van der Waals surface area contributed by atoms with Gasteiger partial charge in [0.1, 0.15) is 5.69 Å². The van der Waals surface area contributed by atoms with Gasteiger partial charge >= 0.3 is 5.69 Å². The molecular formula is C10H16N4O2. The minimum absolute atomic E-state index is 0.0791. The molecule has 0 aliphatic carbocycles. The van der Waals surface area contributed by atoms with Crippen LogP contribution in [-0.2, 0) is 6.54 Å². The van der Waals surface area contributed by atoms with Crippen molar-refractivity contribution in [3.05, 3.63) is 27.0 Å². The molecule has 2 heterocycles. The third-order valence-electron chi connectivity index (χ3n) is 2.87. The Balaban J connectivity index is 2.17. The molecule has 16 heavy (non-hydrogen) atoms. The molecule has 6 nitrogen and oxygen atoms in total. The molecule has 1 aliphatic rings. The van der Waals surface area contributed by atoms with Crippen molar-refractivity contribution >= 4 is 5.69 Å². The Morgan fingerprint density at radius 1 is 1.44 bits per heavy atom. The molecule has 0 amide bonds. The Hall–Kier alpha value is -1.56. The highest BCUT2D eigenvalue weighted by molar-refractivity contribution is 5.30. The number of nitrogens with one attached hydrogen (secondary N) is 2. The largest absolute Gasteiger partial charge is 0.393 e. The molecule has 88 valence electrons. The van der Waals surface area contributed by atoms with Gasteiger partial charge in [-0.3, -0.25) is 14.3 Å². The van der Waals surface area contributed by atoms with E-state index in [2.05, 4.69) is 10.3 Å². The summed E-state index contributed by atoms with van der Waals surface area (Å²) in [5.74, 6) is 0. The molecule has 0 bridgehead atoms. The lowest BCUT2D eigenvalue weighted by atomic mass is 10.1. The maximum Gasteiger partial charge on any atom is 0.328 e. The fourth-order valence-electron chi connectivity index (χ4n) is 1.98. The second kappa shape index (κ2) is 4.52. The number of nitrogens with two attached hydrogens (primary N) is 1. The van der Waals surface area contributed by atoms with E-state index in [9.17, 15) is 9.59 Å². The van der Waals surface area contributed by atoms with E-state index in [1.165, 1.54) is 23.6 Å². The third-order valence-corrected chi connectivity index (χ3v) is 2.87. The monoisotopic (exact) mass is 224 g/mol. The van der Waals surface area contributed by atoms with Crippen LogP contribution in [0.1, 0.15) is 19.3 Å². The standard InChI is InChI=1S/C10H16N4O2/c11-8-6-14(10(16)13-9(8)15)5-7-3-1-2-4-12-7/h6-7,12H,1-5,11H2,(H,13,15,16). The van der Waals surface area contributed by atoms with E-state index in [4.69, 9.17) is 5.73 Å². The SMILES string of the molecule is Nc1cn(CC2CCCCN2)c(=O)[nH]c1=O. The van der Waals surface area contributed by atoms with Gasteiger partial charge in [-0.05, 0) is 19.4 Å². The van der Waals surface area contributed by atoms with E-state index < -0.39 is 11.2 Å². The molecule has 1 unspecified atom stereocenters. The molecule has 1 aromatic heterocycles. The van der Waals surface area contributed by atoms with Crippen molar-refractivity contribution in [1.29, 1.82) is 0 Å². The van der Waals surface area contributed by atoms with Crippen LogP contribution in [0.15, 0.2) is 15.8 Å². The number of nitrogen functional groups attached to an aromatic ring is 1. The summed E-state index contributed by atoms with van der Waals surface area (Å²) in [5.41, 5.74) is 4.64. The van der Waals surface area contributed by atoms with Gasteiger partial charge in [0, 0.05) is 18.8 Å². The van der Waals surface area contributed by atoms with E-state index in [1.54, 1.807) is 0 Å². The smallest absolute Gasteiger partial charge is 0.328 e. The first-order chi connectivity index (χ1) is 7.66. The summed E-state index contributed by atoms with van der Waals surface area (Å²) < 4.78 is 1.46. The van der Waals surface area contributed by atoms with E-state index in [1.807, 2.05) is 0 Å². The van der Waals surface area contributed by atoms with Gasteiger partial charge in [0.15, 0.2) is 0 Å².